The van der Waals surface area contributed by atoms with Crippen LogP contribution in [0, 0.1) is 0 Å². The topological polar surface area (TPSA) is 12.0 Å². The molecule has 0 fully saturated rings. The molecule has 0 saturated heterocycles. The van der Waals surface area contributed by atoms with Crippen LogP contribution in [0.4, 0.5) is 0 Å². The Bertz CT molecular complexity index is 52.0. The maximum absolute atomic E-state index is 3.08. The molecule has 1 nitrogen and oxygen atoms in total. The molecule has 0 heterocycles. The molecule has 0 unspecified atom stereocenters. The molecule has 42 valence electrons. The summed E-state index contributed by atoms with van der Waals surface area (Å²) in [4.78, 5) is 0. The molecule has 0 saturated carbocycles. The lowest BCUT2D eigenvalue weighted by atomic mass is 10.8. The Morgan fingerprint density at radius 3 is 2.86 bits per heavy atom. The quantitative estimate of drug-likeness (QED) is 0.446. The van der Waals surface area contributed by atoms with E-state index < -0.39 is 0 Å². The third-order valence-electron chi connectivity index (χ3n) is 0.432. The lowest BCUT2D eigenvalue weighted by molar-refractivity contribution is 1.04. The fourth-order valence-electron chi connectivity index (χ4n) is 0.199. The Morgan fingerprint density at radius 1 is 1.71 bits per heavy atom. The Morgan fingerprint density at radius 2 is 2.43 bits per heavy atom. The highest BCUT2D eigenvalue weighted by atomic mass is 32.2. The van der Waals surface area contributed by atoms with Crippen molar-refractivity contribution in [1.29, 1.82) is 0 Å². The minimum absolute atomic E-state index is 1.02. The van der Waals surface area contributed by atoms with Crippen molar-refractivity contribution in [2.45, 2.75) is 13.8 Å². The van der Waals surface area contributed by atoms with Crippen LogP contribution in [0.2, 0.25) is 0 Å². The first-order chi connectivity index (χ1) is 3.41. The van der Waals surface area contributed by atoms with Gasteiger partial charge in [-0.05, 0) is 12.3 Å². The Balaban J connectivity index is 2.69. The average Bonchev–Trinajstić information content (AvgIpc) is 1.69. The van der Waals surface area contributed by atoms with Gasteiger partial charge in [-0.3, -0.25) is 4.72 Å². The van der Waals surface area contributed by atoms with E-state index in [4.69, 9.17) is 0 Å². The van der Waals surface area contributed by atoms with Crippen LogP contribution in [0.3, 0.4) is 0 Å². The number of rotatable bonds is 3. The first-order valence-electron chi connectivity index (χ1n) is 2.41. The summed E-state index contributed by atoms with van der Waals surface area (Å²) in [6.07, 6.45) is 2.01. The predicted molar refractivity (Wildman–Crippen MR) is 36.1 cm³/mol. The minimum Gasteiger partial charge on any atom is -0.261 e. The smallest absolute Gasteiger partial charge is 0.00331 e. The molecule has 0 radical (unpaired) electrons. The van der Waals surface area contributed by atoms with Crippen molar-refractivity contribution in [3.63, 3.8) is 0 Å². The molecule has 2 heteroatoms. The molecule has 0 aliphatic rings. The fraction of sp³-hybridized carbons (Fsp3) is 0.600. The highest BCUT2D eigenvalue weighted by Crippen LogP contribution is 1.91. The van der Waals surface area contributed by atoms with Gasteiger partial charge in [-0.25, -0.2) is 0 Å². The molecule has 0 spiro atoms. The van der Waals surface area contributed by atoms with Crippen LogP contribution in [-0.4, -0.2) is 6.54 Å². The second kappa shape index (κ2) is 6.05. The zero-order valence-electron chi connectivity index (χ0n) is 4.77. The van der Waals surface area contributed by atoms with Crippen molar-refractivity contribution in [2.75, 3.05) is 6.54 Å². The molecule has 0 amide bonds. The molecule has 0 atom stereocenters. The molecule has 0 aromatic rings. The molecule has 0 rings (SSSR count). The normalized spacial score (nSPS) is 10.6. The number of nitrogens with one attached hydrogen (secondary N) is 1. The predicted octanol–water partition coefficient (Wildman–Crippen LogP) is 1.78. The van der Waals surface area contributed by atoms with E-state index in [2.05, 4.69) is 11.6 Å². The highest BCUT2D eigenvalue weighted by Gasteiger charge is 1.69. The van der Waals surface area contributed by atoms with Gasteiger partial charge in [-0.15, -0.1) is 0 Å². The van der Waals surface area contributed by atoms with E-state index in [0.717, 1.165) is 6.54 Å². The van der Waals surface area contributed by atoms with Gasteiger partial charge in [0.1, 0.15) is 0 Å². The van der Waals surface area contributed by atoms with Gasteiger partial charge in [0.05, 0.1) is 0 Å². The summed E-state index contributed by atoms with van der Waals surface area (Å²) < 4.78 is 3.08. The van der Waals surface area contributed by atoms with Crippen LogP contribution in [0.15, 0.2) is 11.5 Å². The maximum Gasteiger partial charge on any atom is 0.00331 e. The summed E-state index contributed by atoms with van der Waals surface area (Å²) in [5, 5.41) is 2.02. The van der Waals surface area contributed by atoms with Crippen LogP contribution in [0.1, 0.15) is 13.8 Å². The third kappa shape index (κ3) is 6.05. The van der Waals surface area contributed by atoms with Crippen molar-refractivity contribution in [3.05, 3.63) is 11.5 Å². The van der Waals surface area contributed by atoms with Crippen LogP contribution in [0.25, 0.3) is 0 Å². The molecule has 0 aromatic heterocycles. The third-order valence-corrected chi connectivity index (χ3v) is 1.30. The van der Waals surface area contributed by atoms with Gasteiger partial charge in [0.2, 0.25) is 0 Å². The van der Waals surface area contributed by atoms with Crippen LogP contribution in [0.5, 0.6) is 0 Å². The summed E-state index contributed by atoms with van der Waals surface area (Å²) in [6.45, 7) is 5.11. The molecule has 0 aliphatic carbocycles. The zero-order valence-corrected chi connectivity index (χ0v) is 5.59. The molecule has 1 N–H and O–H groups in total. The van der Waals surface area contributed by atoms with Crippen LogP contribution in [-0.2, 0) is 0 Å². The fourth-order valence-corrected chi connectivity index (χ4v) is 0.598. The summed E-state index contributed by atoms with van der Waals surface area (Å²) in [5.41, 5.74) is 0. The van der Waals surface area contributed by atoms with Gasteiger partial charge in [-0.2, -0.15) is 0 Å². The van der Waals surface area contributed by atoms with E-state index in [9.17, 15) is 0 Å². The SMILES string of the molecule is C/C=C/SNCC. The van der Waals surface area contributed by atoms with Gasteiger partial charge >= 0.3 is 0 Å². The lowest BCUT2D eigenvalue weighted by Gasteiger charge is -1.88. The van der Waals surface area contributed by atoms with E-state index in [-0.39, 0.29) is 0 Å². The lowest BCUT2D eigenvalue weighted by Crippen LogP contribution is -1.97. The van der Waals surface area contributed by atoms with Gasteiger partial charge in [0, 0.05) is 6.54 Å². The van der Waals surface area contributed by atoms with E-state index in [1.54, 1.807) is 11.9 Å². The molecule has 0 aliphatic heterocycles. The van der Waals surface area contributed by atoms with Gasteiger partial charge < -0.3 is 0 Å². The molecular formula is C5H11NS. The summed E-state index contributed by atoms with van der Waals surface area (Å²) >= 11 is 1.62. The molecule has 0 aromatic carbocycles. The van der Waals surface area contributed by atoms with Crippen molar-refractivity contribution in [3.8, 4) is 0 Å². The molecule has 0 bridgehead atoms. The van der Waals surface area contributed by atoms with Crippen molar-refractivity contribution in [1.82, 2.24) is 4.72 Å². The van der Waals surface area contributed by atoms with Crippen molar-refractivity contribution < 1.29 is 0 Å². The number of allylic oxidation sites excluding steroid dienone is 1. The van der Waals surface area contributed by atoms with E-state index in [1.807, 2.05) is 18.4 Å². The van der Waals surface area contributed by atoms with Gasteiger partial charge in [0.25, 0.3) is 0 Å². The average molecular weight is 117 g/mol. The van der Waals surface area contributed by atoms with Crippen LogP contribution < -0.4 is 4.72 Å². The van der Waals surface area contributed by atoms with Gasteiger partial charge in [0.15, 0.2) is 0 Å². The minimum atomic E-state index is 1.02. The second-order valence-corrected chi connectivity index (χ2v) is 1.88. The van der Waals surface area contributed by atoms with E-state index in [1.165, 1.54) is 0 Å². The second-order valence-electron chi connectivity index (χ2n) is 1.09. The van der Waals surface area contributed by atoms with E-state index in [0.29, 0.717) is 0 Å². The standard InChI is InChI=1S/C5H11NS/c1-3-5-7-6-4-2/h3,5-6H,4H2,1-2H3/b5-3+. The number of hydrogen-bond acceptors (Lipinski definition) is 2. The summed E-state index contributed by atoms with van der Waals surface area (Å²) in [6, 6.07) is 0. The zero-order chi connectivity index (χ0) is 5.54. The van der Waals surface area contributed by atoms with E-state index >= 15 is 0 Å². The Labute approximate surface area is 49.3 Å². The Hall–Kier alpha value is 0.0500. The maximum atomic E-state index is 3.08. The van der Waals surface area contributed by atoms with Gasteiger partial charge in [-0.1, -0.05) is 24.9 Å². The summed E-state index contributed by atoms with van der Waals surface area (Å²) in [5.74, 6) is 0. The molecular weight excluding hydrogens is 106 g/mol. The highest BCUT2D eigenvalue weighted by molar-refractivity contribution is 8.00. The number of hydrogen-bond donors (Lipinski definition) is 1. The first-order valence-corrected chi connectivity index (χ1v) is 3.29. The van der Waals surface area contributed by atoms with Crippen molar-refractivity contribution in [2.24, 2.45) is 0 Å². The largest absolute Gasteiger partial charge is 0.261 e. The first kappa shape index (κ1) is 7.05. The van der Waals surface area contributed by atoms with Crippen LogP contribution >= 0.6 is 11.9 Å². The monoisotopic (exact) mass is 117 g/mol. The Kier molecular flexibility index (Phi) is 6.09. The summed E-state index contributed by atoms with van der Waals surface area (Å²) in [7, 11) is 0. The molecule has 7 heavy (non-hydrogen) atoms. The van der Waals surface area contributed by atoms with Crippen molar-refractivity contribution >= 4 is 11.9 Å².